The molecule has 0 spiro atoms. The maximum atomic E-state index is 12.9. The molecular weight excluding hydrogens is 320 g/mol. The lowest BCUT2D eigenvalue weighted by Gasteiger charge is -2.24. The number of hydrogen-bond acceptors (Lipinski definition) is 6. The van der Waals surface area contributed by atoms with Gasteiger partial charge in [0.2, 0.25) is 5.91 Å². The van der Waals surface area contributed by atoms with E-state index in [9.17, 15) is 4.79 Å². The smallest absolute Gasteiger partial charge is 0.244 e. The van der Waals surface area contributed by atoms with Gasteiger partial charge < -0.3 is 14.4 Å². The molecule has 1 amide bonds. The second kappa shape index (κ2) is 7.48. The molecule has 0 aliphatic carbocycles. The first kappa shape index (κ1) is 17.2. The number of nitrogens with zero attached hydrogens (tertiary/aromatic N) is 4. The summed E-state index contributed by atoms with van der Waals surface area (Å²) in [5, 5.41) is 0. The van der Waals surface area contributed by atoms with Crippen LogP contribution in [0.25, 0.3) is 0 Å². The molecule has 0 N–H and O–H groups in total. The van der Waals surface area contributed by atoms with Gasteiger partial charge in [0.1, 0.15) is 17.8 Å². The van der Waals surface area contributed by atoms with Gasteiger partial charge in [-0.2, -0.15) is 0 Å². The van der Waals surface area contributed by atoms with E-state index in [1.54, 1.807) is 37.6 Å². The Hall–Kier alpha value is -2.67. The van der Waals surface area contributed by atoms with Crippen molar-refractivity contribution >= 4 is 11.6 Å². The third-order valence-corrected chi connectivity index (χ3v) is 4.40. The van der Waals surface area contributed by atoms with E-state index >= 15 is 0 Å². The number of anilines is 1. The number of rotatable bonds is 6. The van der Waals surface area contributed by atoms with Gasteiger partial charge in [0.05, 0.1) is 25.9 Å². The molecule has 1 aromatic heterocycles. The quantitative estimate of drug-likeness (QED) is 0.796. The van der Waals surface area contributed by atoms with Crippen LogP contribution >= 0.6 is 0 Å². The lowest BCUT2D eigenvalue weighted by molar-refractivity contribution is -0.121. The van der Waals surface area contributed by atoms with Gasteiger partial charge in [-0.15, -0.1) is 0 Å². The summed E-state index contributed by atoms with van der Waals surface area (Å²) in [7, 11) is 5.15. The van der Waals surface area contributed by atoms with Gasteiger partial charge in [0, 0.05) is 49.2 Å². The van der Waals surface area contributed by atoms with Crippen LogP contribution < -0.4 is 14.4 Å². The summed E-state index contributed by atoms with van der Waals surface area (Å²) < 4.78 is 10.6. The number of carbonyl (C=O) groups is 1. The molecule has 1 aromatic carbocycles. The molecular formula is C18H22N4O3. The summed E-state index contributed by atoms with van der Waals surface area (Å²) in [6.07, 6.45) is 5.81. The standard InChI is InChI=1S/C18H22N4O3/c1-21(11-13-9-19-12-20-10-13)17-4-5-22(18(17)23)14-6-15(24-2)8-16(7-14)25-3/h6-10,12,17H,4-5,11H2,1-3H3. The zero-order valence-electron chi connectivity index (χ0n) is 14.7. The largest absolute Gasteiger partial charge is 0.497 e. The van der Waals surface area contributed by atoms with E-state index in [-0.39, 0.29) is 11.9 Å². The van der Waals surface area contributed by atoms with Gasteiger partial charge in [-0.05, 0) is 13.5 Å². The fourth-order valence-corrected chi connectivity index (χ4v) is 3.09. The predicted octanol–water partition coefficient (Wildman–Crippen LogP) is 1.73. The van der Waals surface area contributed by atoms with Gasteiger partial charge in [-0.1, -0.05) is 0 Å². The first-order valence-electron chi connectivity index (χ1n) is 8.11. The van der Waals surface area contributed by atoms with Crippen molar-refractivity contribution in [3.63, 3.8) is 0 Å². The van der Waals surface area contributed by atoms with Crippen LogP contribution in [-0.4, -0.2) is 54.6 Å². The van der Waals surface area contributed by atoms with Crippen molar-refractivity contribution < 1.29 is 14.3 Å². The molecule has 0 saturated carbocycles. The Morgan fingerprint density at radius 2 is 1.80 bits per heavy atom. The van der Waals surface area contributed by atoms with Crippen molar-refractivity contribution in [3.8, 4) is 11.5 Å². The van der Waals surface area contributed by atoms with Gasteiger partial charge in [0.25, 0.3) is 0 Å². The number of aromatic nitrogens is 2. The fraction of sp³-hybridized carbons (Fsp3) is 0.389. The van der Waals surface area contributed by atoms with Crippen LogP contribution in [-0.2, 0) is 11.3 Å². The van der Waals surface area contributed by atoms with Gasteiger partial charge in [-0.3, -0.25) is 9.69 Å². The average Bonchev–Trinajstić information content (AvgIpc) is 3.03. The molecule has 1 aliphatic heterocycles. The van der Waals surface area contributed by atoms with E-state index in [0.717, 1.165) is 17.7 Å². The summed E-state index contributed by atoms with van der Waals surface area (Å²) in [6.45, 7) is 1.29. The van der Waals surface area contributed by atoms with Crippen molar-refractivity contribution in [2.24, 2.45) is 0 Å². The average molecular weight is 342 g/mol. The molecule has 1 aliphatic rings. The number of likely N-dealkylation sites (N-methyl/N-ethyl adjacent to an activating group) is 1. The number of hydrogen-bond donors (Lipinski definition) is 0. The van der Waals surface area contributed by atoms with Crippen LogP contribution in [0.4, 0.5) is 5.69 Å². The summed E-state index contributed by atoms with van der Waals surface area (Å²) >= 11 is 0. The Morgan fingerprint density at radius 1 is 1.16 bits per heavy atom. The molecule has 7 nitrogen and oxygen atoms in total. The van der Waals surface area contributed by atoms with Crippen LogP contribution in [0.3, 0.4) is 0 Å². The van der Waals surface area contributed by atoms with Gasteiger partial charge >= 0.3 is 0 Å². The Bertz CT molecular complexity index is 716. The molecule has 3 rings (SSSR count). The van der Waals surface area contributed by atoms with Crippen molar-refractivity contribution in [1.82, 2.24) is 14.9 Å². The minimum absolute atomic E-state index is 0.0784. The van der Waals surface area contributed by atoms with E-state index in [2.05, 4.69) is 9.97 Å². The zero-order valence-corrected chi connectivity index (χ0v) is 14.7. The molecule has 1 fully saturated rings. The maximum absolute atomic E-state index is 12.9. The maximum Gasteiger partial charge on any atom is 0.244 e. The zero-order chi connectivity index (χ0) is 17.8. The van der Waals surface area contributed by atoms with E-state index in [1.807, 2.05) is 24.1 Å². The number of amides is 1. The number of methoxy groups -OCH3 is 2. The Morgan fingerprint density at radius 3 is 2.40 bits per heavy atom. The lowest BCUT2D eigenvalue weighted by Crippen LogP contribution is -2.39. The highest BCUT2D eigenvalue weighted by atomic mass is 16.5. The monoisotopic (exact) mass is 342 g/mol. The topological polar surface area (TPSA) is 67.8 Å². The Kier molecular flexibility index (Phi) is 5.14. The predicted molar refractivity (Wildman–Crippen MR) is 93.8 cm³/mol. The second-order valence-corrected chi connectivity index (χ2v) is 6.03. The minimum Gasteiger partial charge on any atom is -0.497 e. The molecule has 7 heteroatoms. The summed E-state index contributed by atoms with van der Waals surface area (Å²) in [4.78, 5) is 24.8. The highest BCUT2D eigenvalue weighted by Gasteiger charge is 2.35. The summed E-state index contributed by atoms with van der Waals surface area (Å²) in [6, 6.07) is 5.34. The number of carbonyl (C=O) groups excluding carboxylic acids is 1. The molecule has 0 radical (unpaired) electrons. The van der Waals surface area contributed by atoms with Crippen LogP contribution in [0.2, 0.25) is 0 Å². The van der Waals surface area contributed by atoms with E-state index in [1.165, 1.54) is 6.33 Å². The summed E-state index contributed by atoms with van der Waals surface area (Å²) in [5.41, 5.74) is 1.78. The molecule has 132 valence electrons. The molecule has 2 heterocycles. The Labute approximate surface area is 147 Å². The van der Waals surface area contributed by atoms with Gasteiger partial charge in [0.15, 0.2) is 0 Å². The Balaban J connectivity index is 1.75. The minimum atomic E-state index is -0.169. The lowest BCUT2D eigenvalue weighted by atomic mass is 10.2. The molecule has 1 saturated heterocycles. The normalized spacial score (nSPS) is 17.2. The van der Waals surface area contributed by atoms with E-state index in [0.29, 0.717) is 24.6 Å². The third-order valence-electron chi connectivity index (χ3n) is 4.40. The van der Waals surface area contributed by atoms with E-state index < -0.39 is 0 Å². The van der Waals surface area contributed by atoms with Gasteiger partial charge in [-0.25, -0.2) is 9.97 Å². The van der Waals surface area contributed by atoms with E-state index in [4.69, 9.17) is 9.47 Å². The highest BCUT2D eigenvalue weighted by Crippen LogP contribution is 2.31. The molecule has 25 heavy (non-hydrogen) atoms. The molecule has 1 unspecified atom stereocenters. The van der Waals surface area contributed by atoms with Crippen LogP contribution in [0.15, 0.2) is 36.9 Å². The first-order valence-corrected chi connectivity index (χ1v) is 8.11. The van der Waals surface area contributed by atoms with Crippen molar-refractivity contribution in [2.45, 2.75) is 19.0 Å². The molecule has 2 aromatic rings. The summed E-state index contributed by atoms with van der Waals surface area (Å²) in [5.74, 6) is 1.41. The van der Waals surface area contributed by atoms with Crippen molar-refractivity contribution in [3.05, 3.63) is 42.5 Å². The van der Waals surface area contributed by atoms with Crippen LogP contribution in [0, 0.1) is 0 Å². The molecule has 0 bridgehead atoms. The number of benzene rings is 1. The number of ether oxygens (including phenoxy) is 2. The third kappa shape index (κ3) is 3.71. The van der Waals surface area contributed by atoms with Crippen LogP contribution in [0.5, 0.6) is 11.5 Å². The van der Waals surface area contributed by atoms with Crippen LogP contribution in [0.1, 0.15) is 12.0 Å². The molecule has 1 atom stereocenters. The second-order valence-electron chi connectivity index (χ2n) is 6.03. The fourth-order valence-electron chi connectivity index (χ4n) is 3.09. The van der Waals surface area contributed by atoms with Crippen molar-refractivity contribution in [1.29, 1.82) is 0 Å². The SMILES string of the molecule is COc1cc(OC)cc(N2CCC(N(C)Cc3cncnc3)C2=O)c1. The highest BCUT2D eigenvalue weighted by molar-refractivity contribution is 5.99. The first-order chi connectivity index (χ1) is 12.1. The van der Waals surface area contributed by atoms with Crippen molar-refractivity contribution in [2.75, 3.05) is 32.7 Å².